The van der Waals surface area contributed by atoms with Crippen molar-refractivity contribution in [3.63, 3.8) is 0 Å². The number of hydrogen-bond acceptors (Lipinski definition) is 2. The Morgan fingerprint density at radius 1 is 0.800 bits per heavy atom. The van der Waals surface area contributed by atoms with Crippen LogP contribution in [0.2, 0.25) is 0 Å². The molecule has 15 heavy (non-hydrogen) atoms. The monoisotopic (exact) mass is 195 g/mol. The number of aromatic nitrogens is 1. The molecule has 72 valence electrons. The van der Waals surface area contributed by atoms with E-state index in [1.807, 2.05) is 54.6 Å². The summed E-state index contributed by atoms with van der Waals surface area (Å²) in [6.07, 6.45) is 0. The van der Waals surface area contributed by atoms with Crippen LogP contribution in [0.3, 0.4) is 0 Å². The first-order valence-corrected chi connectivity index (χ1v) is 4.85. The molecule has 1 heterocycles. The third-order valence-corrected chi connectivity index (χ3v) is 2.42. The number of benzene rings is 2. The molecule has 2 heteroatoms. The maximum Gasteiger partial charge on any atom is 0.174 e. The summed E-state index contributed by atoms with van der Waals surface area (Å²) in [6.45, 7) is 0. The molecule has 0 aliphatic heterocycles. The molecule has 0 fully saturated rings. The fourth-order valence-corrected chi connectivity index (χ4v) is 1.69. The zero-order valence-corrected chi connectivity index (χ0v) is 8.05. The maximum atomic E-state index is 5.35. The SMILES string of the molecule is c1ccc(-c2onc3ccccc23)cc1. The van der Waals surface area contributed by atoms with Gasteiger partial charge in [0.2, 0.25) is 0 Å². The van der Waals surface area contributed by atoms with Crippen LogP contribution in [0.1, 0.15) is 0 Å². The van der Waals surface area contributed by atoms with E-state index in [2.05, 4.69) is 5.16 Å². The molecular formula is C13H9NO. The molecule has 2 nitrogen and oxygen atoms in total. The summed E-state index contributed by atoms with van der Waals surface area (Å²) in [7, 11) is 0. The van der Waals surface area contributed by atoms with E-state index in [1.165, 1.54) is 0 Å². The Kier molecular flexibility index (Phi) is 1.78. The van der Waals surface area contributed by atoms with E-state index < -0.39 is 0 Å². The van der Waals surface area contributed by atoms with Gasteiger partial charge >= 0.3 is 0 Å². The molecule has 0 saturated carbocycles. The van der Waals surface area contributed by atoms with Crippen molar-refractivity contribution in [1.82, 2.24) is 5.16 Å². The Morgan fingerprint density at radius 3 is 2.40 bits per heavy atom. The predicted octanol–water partition coefficient (Wildman–Crippen LogP) is 3.49. The molecule has 0 unspecified atom stereocenters. The van der Waals surface area contributed by atoms with E-state index in [-0.39, 0.29) is 0 Å². The fraction of sp³-hybridized carbons (Fsp3) is 0. The van der Waals surface area contributed by atoms with Gasteiger partial charge in [-0.25, -0.2) is 0 Å². The van der Waals surface area contributed by atoms with Crippen LogP contribution in [0.5, 0.6) is 0 Å². The summed E-state index contributed by atoms with van der Waals surface area (Å²) < 4.78 is 5.35. The van der Waals surface area contributed by atoms with Gasteiger partial charge in [-0.2, -0.15) is 0 Å². The fourth-order valence-electron chi connectivity index (χ4n) is 1.69. The van der Waals surface area contributed by atoms with Gasteiger partial charge in [0.15, 0.2) is 5.76 Å². The first kappa shape index (κ1) is 8.24. The molecule has 0 aliphatic rings. The normalized spacial score (nSPS) is 10.7. The van der Waals surface area contributed by atoms with Gasteiger partial charge in [-0.3, -0.25) is 0 Å². The quantitative estimate of drug-likeness (QED) is 0.594. The van der Waals surface area contributed by atoms with E-state index in [9.17, 15) is 0 Å². The van der Waals surface area contributed by atoms with E-state index >= 15 is 0 Å². The van der Waals surface area contributed by atoms with E-state index in [0.29, 0.717) is 0 Å². The third kappa shape index (κ3) is 1.31. The summed E-state index contributed by atoms with van der Waals surface area (Å²) >= 11 is 0. The molecule has 3 aromatic rings. The highest BCUT2D eigenvalue weighted by atomic mass is 16.5. The van der Waals surface area contributed by atoms with Crippen LogP contribution >= 0.6 is 0 Å². The van der Waals surface area contributed by atoms with Crippen LogP contribution in [0.25, 0.3) is 22.2 Å². The van der Waals surface area contributed by atoms with Crippen molar-refractivity contribution in [2.24, 2.45) is 0 Å². The zero-order valence-electron chi connectivity index (χ0n) is 8.05. The summed E-state index contributed by atoms with van der Waals surface area (Å²) in [4.78, 5) is 0. The van der Waals surface area contributed by atoms with Crippen molar-refractivity contribution in [3.8, 4) is 11.3 Å². The first-order chi connectivity index (χ1) is 7.45. The third-order valence-electron chi connectivity index (χ3n) is 2.42. The number of rotatable bonds is 1. The average molecular weight is 195 g/mol. The smallest absolute Gasteiger partial charge is 0.174 e. The van der Waals surface area contributed by atoms with Crippen LogP contribution in [-0.4, -0.2) is 5.16 Å². The van der Waals surface area contributed by atoms with Crippen molar-refractivity contribution in [2.45, 2.75) is 0 Å². The van der Waals surface area contributed by atoms with Crippen molar-refractivity contribution < 1.29 is 4.52 Å². The molecule has 0 atom stereocenters. The molecule has 2 aromatic carbocycles. The number of nitrogens with zero attached hydrogens (tertiary/aromatic N) is 1. The van der Waals surface area contributed by atoms with Gasteiger partial charge in [0, 0.05) is 10.9 Å². The Labute approximate surface area is 87.1 Å². The second kappa shape index (κ2) is 3.24. The molecular weight excluding hydrogens is 186 g/mol. The molecule has 0 spiro atoms. The van der Waals surface area contributed by atoms with Crippen LogP contribution in [0, 0.1) is 0 Å². The highest BCUT2D eigenvalue weighted by Gasteiger charge is 2.08. The molecule has 1 aromatic heterocycles. The molecule has 0 amide bonds. The van der Waals surface area contributed by atoms with Crippen LogP contribution < -0.4 is 0 Å². The lowest BCUT2D eigenvalue weighted by atomic mass is 10.1. The minimum atomic E-state index is 0.839. The first-order valence-electron chi connectivity index (χ1n) is 4.85. The van der Waals surface area contributed by atoms with E-state index in [0.717, 1.165) is 22.2 Å². The summed E-state index contributed by atoms with van der Waals surface area (Å²) in [5.41, 5.74) is 1.96. The molecule has 0 saturated heterocycles. The standard InChI is InChI=1S/C13H9NO/c1-2-6-10(7-3-1)13-11-8-4-5-9-12(11)14-15-13/h1-9H. The highest BCUT2D eigenvalue weighted by Crippen LogP contribution is 2.27. The summed E-state index contributed by atoms with van der Waals surface area (Å²) in [6, 6.07) is 17.9. The largest absolute Gasteiger partial charge is 0.355 e. The average Bonchev–Trinajstić information content (AvgIpc) is 2.74. The number of fused-ring (bicyclic) bond motifs is 1. The lowest BCUT2D eigenvalue weighted by Gasteiger charge is -1.94. The predicted molar refractivity (Wildman–Crippen MR) is 59.4 cm³/mol. The minimum absolute atomic E-state index is 0.839. The molecule has 0 bridgehead atoms. The van der Waals surface area contributed by atoms with Gasteiger partial charge in [-0.05, 0) is 12.1 Å². The van der Waals surface area contributed by atoms with Crippen LogP contribution in [0.15, 0.2) is 59.1 Å². The van der Waals surface area contributed by atoms with Crippen LogP contribution in [0.4, 0.5) is 0 Å². The van der Waals surface area contributed by atoms with Gasteiger partial charge in [0.1, 0.15) is 5.52 Å². The Morgan fingerprint density at radius 2 is 1.53 bits per heavy atom. The topological polar surface area (TPSA) is 26.0 Å². The minimum Gasteiger partial charge on any atom is -0.355 e. The molecule has 0 N–H and O–H groups in total. The lowest BCUT2D eigenvalue weighted by Crippen LogP contribution is -1.73. The van der Waals surface area contributed by atoms with Crippen molar-refractivity contribution in [1.29, 1.82) is 0 Å². The van der Waals surface area contributed by atoms with Crippen molar-refractivity contribution in [3.05, 3.63) is 54.6 Å². The van der Waals surface area contributed by atoms with Crippen molar-refractivity contribution in [2.75, 3.05) is 0 Å². The summed E-state index contributed by atoms with van der Waals surface area (Å²) in [5.74, 6) is 0.839. The molecule has 0 aliphatic carbocycles. The second-order valence-corrected chi connectivity index (χ2v) is 3.39. The Balaban J connectivity index is 2.28. The number of hydrogen-bond donors (Lipinski definition) is 0. The second-order valence-electron chi connectivity index (χ2n) is 3.39. The Bertz CT molecular complexity index is 584. The van der Waals surface area contributed by atoms with Gasteiger partial charge in [-0.15, -0.1) is 0 Å². The molecule has 3 rings (SSSR count). The van der Waals surface area contributed by atoms with Gasteiger partial charge in [0.25, 0.3) is 0 Å². The molecule has 0 radical (unpaired) electrons. The van der Waals surface area contributed by atoms with Crippen LogP contribution in [-0.2, 0) is 0 Å². The summed E-state index contributed by atoms with van der Waals surface area (Å²) in [5, 5.41) is 5.08. The highest BCUT2D eigenvalue weighted by molar-refractivity contribution is 5.91. The Hall–Kier alpha value is -2.09. The van der Waals surface area contributed by atoms with Crippen molar-refractivity contribution >= 4 is 10.9 Å². The van der Waals surface area contributed by atoms with Gasteiger partial charge < -0.3 is 4.52 Å². The van der Waals surface area contributed by atoms with Gasteiger partial charge in [-0.1, -0.05) is 47.6 Å². The lowest BCUT2D eigenvalue weighted by molar-refractivity contribution is 0.441. The van der Waals surface area contributed by atoms with Gasteiger partial charge in [0.05, 0.1) is 0 Å². The maximum absolute atomic E-state index is 5.35. The van der Waals surface area contributed by atoms with E-state index in [1.54, 1.807) is 0 Å². The zero-order chi connectivity index (χ0) is 10.1. The van der Waals surface area contributed by atoms with E-state index in [4.69, 9.17) is 4.52 Å².